The van der Waals surface area contributed by atoms with E-state index < -0.39 is 0 Å². The first kappa shape index (κ1) is 17.7. The molecule has 0 aliphatic carbocycles. The van der Waals surface area contributed by atoms with Crippen molar-refractivity contribution < 1.29 is 9.53 Å². The van der Waals surface area contributed by atoms with Crippen LogP contribution in [0.25, 0.3) is 11.4 Å². The van der Waals surface area contributed by atoms with Gasteiger partial charge in [0, 0.05) is 14.8 Å². The largest absolute Gasteiger partial charge is 0.496 e. The number of anilines is 1. The molecule has 0 saturated carbocycles. The Labute approximate surface area is 163 Å². The fourth-order valence-corrected chi connectivity index (χ4v) is 2.88. The van der Waals surface area contributed by atoms with Gasteiger partial charge in [-0.2, -0.15) is 5.10 Å². The van der Waals surface area contributed by atoms with Crippen molar-refractivity contribution in [1.82, 2.24) is 15.2 Å². The van der Waals surface area contributed by atoms with Crippen LogP contribution in [0.2, 0.25) is 5.02 Å². The van der Waals surface area contributed by atoms with Crippen molar-refractivity contribution in [3.8, 4) is 17.1 Å². The Balaban J connectivity index is 1.88. The van der Waals surface area contributed by atoms with Crippen LogP contribution in [0.4, 0.5) is 5.69 Å². The zero-order chi connectivity index (χ0) is 18.0. The lowest BCUT2D eigenvalue weighted by Gasteiger charge is -2.11. The maximum atomic E-state index is 12.6. The summed E-state index contributed by atoms with van der Waals surface area (Å²) in [6.45, 7) is 1.83. The van der Waals surface area contributed by atoms with Crippen LogP contribution in [-0.2, 0) is 0 Å². The van der Waals surface area contributed by atoms with Gasteiger partial charge in [0.15, 0.2) is 5.82 Å². The molecule has 25 heavy (non-hydrogen) atoms. The average Bonchev–Trinajstić information content (AvgIpc) is 3.03. The Kier molecular flexibility index (Phi) is 5.24. The molecule has 6 nitrogen and oxygen atoms in total. The number of carbonyl (C=O) groups is 1. The third kappa shape index (κ3) is 3.93. The number of nitrogens with zero attached hydrogens (tertiary/aromatic N) is 2. The number of aromatic nitrogens is 3. The first-order valence-corrected chi connectivity index (χ1v) is 8.77. The minimum absolute atomic E-state index is 0.307. The number of ether oxygens (including phenoxy) is 1. The topological polar surface area (TPSA) is 79.9 Å². The Hall–Kier alpha value is -2.13. The molecule has 0 aliphatic heterocycles. The number of H-pyrrole nitrogens is 1. The monoisotopic (exact) mass is 468 g/mol. The Morgan fingerprint density at radius 3 is 2.80 bits per heavy atom. The van der Waals surface area contributed by atoms with Crippen LogP contribution in [0.5, 0.6) is 5.75 Å². The van der Waals surface area contributed by atoms with Crippen molar-refractivity contribution in [1.29, 1.82) is 0 Å². The number of aromatic amines is 1. The van der Waals surface area contributed by atoms with Gasteiger partial charge in [0.25, 0.3) is 5.91 Å². The van der Waals surface area contributed by atoms with Crippen molar-refractivity contribution in [3.05, 3.63) is 56.4 Å². The predicted molar refractivity (Wildman–Crippen MR) is 105 cm³/mol. The van der Waals surface area contributed by atoms with Crippen molar-refractivity contribution >= 4 is 45.8 Å². The van der Waals surface area contributed by atoms with Gasteiger partial charge in [-0.05, 0) is 53.8 Å². The molecule has 0 atom stereocenters. The summed E-state index contributed by atoms with van der Waals surface area (Å²) in [6.07, 6.45) is 0. The summed E-state index contributed by atoms with van der Waals surface area (Å²) in [6, 6.07) is 10.6. The second kappa shape index (κ2) is 7.40. The molecule has 0 saturated heterocycles. The van der Waals surface area contributed by atoms with Crippen LogP contribution in [-0.4, -0.2) is 28.2 Å². The molecule has 2 N–H and O–H groups in total. The molecular weight excluding hydrogens is 455 g/mol. The van der Waals surface area contributed by atoms with Gasteiger partial charge >= 0.3 is 0 Å². The summed E-state index contributed by atoms with van der Waals surface area (Å²) in [7, 11) is 1.52. The maximum absolute atomic E-state index is 12.6. The summed E-state index contributed by atoms with van der Waals surface area (Å²) in [5.74, 6) is 1.46. The second-order valence-corrected chi connectivity index (χ2v) is 6.82. The standard InChI is InChI=1S/C17H14ClIN4O2/c1-9-20-16(23-22-9)10-4-3-5-11(6-10)21-17(24)12-7-13(18)14(19)8-15(12)25-2/h3-8H,1-2H3,(H,21,24)(H,20,22,23). The van der Waals surface area contributed by atoms with Crippen LogP contribution in [0.1, 0.15) is 16.2 Å². The number of carbonyl (C=O) groups excluding carboxylic acids is 1. The summed E-state index contributed by atoms with van der Waals surface area (Å²) < 4.78 is 6.10. The number of amides is 1. The van der Waals surface area contributed by atoms with E-state index in [1.54, 1.807) is 24.3 Å². The Morgan fingerprint density at radius 1 is 1.32 bits per heavy atom. The number of rotatable bonds is 4. The number of halogens is 2. The average molecular weight is 469 g/mol. The number of hydrogen-bond acceptors (Lipinski definition) is 4. The van der Waals surface area contributed by atoms with E-state index in [4.69, 9.17) is 16.3 Å². The van der Waals surface area contributed by atoms with Crippen LogP contribution < -0.4 is 10.1 Å². The molecule has 2 aromatic carbocycles. The van der Waals surface area contributed by atoms with E-state index in [0.29, 0.717) is 27.8 Å². The van der Waals surface area contributed by atoms with Crippen molar-refractivity contribution in [2.24, 2.45) is 0 Å². The number of aryl methyl sites for hydroxylation is 1. The molecule has 1 amide bonds. The fraction of sp³-hybridized carbons (Fsp3) is 0.118. The van der Waals surface area contributed by atoms with Gasteiger partial charge in [-0.15, -0.1) is 0 Å². The van der Waals surface area contributed by atoms with Gasteiger partial charge in [0.1, 0.15) is 11.6 Å². The molecule has 1 aromatic heterocycles. The van der Waals surface area contributed by atoms with E-state index in [2.05, 4.69) is 43.1 Å². The lowest BCUT2D eigenvalue weighted by Crippen LogP contribution is -2.13. The molecule has 0 spiro atoms. The lowest BCUT2D eigenvalue weighted by molar-refractivity contribution is 0.102. The molecule has 8 heteroatoms. The van der Waals surface area contributed by atoms with Gasteiger partial charge in [-0.1, -0.05) is 23.7 Å². The molecule has 0 radical (unpaired) electrons. The number of methoxy groups -OCH3 is 1. The Morgan fingerprint density at radius 2 is 2.12 bits per heavy atom. The first-order valence-electron chi connectivity index (χ1n) is 7.31. The van der Waals surface area contributed by atoms with E-state index >= 15 is 0 Å². The van der Waals surface area contributed by atoms with E-state index in [-0.39, 0.29) is 5.91 Å². The van der Waals surface area contributed by atoms with E-state index in [9.17, 15) is 4.79 Å². The first-order chi connectivity index (χ1) is 12.0. The van der Waals surface area contributed by atoms with Gasteiger partial charge in [-0.3, -0.25) is 9.89 Å². The molecule has 0 fully saturated rings. The molecule has 0 unspecified atom stereocenters. The van der Waals surface area contributed by atoms with Crippen molar-refractivity contribution in [3.63, 3.8) is 0 Å². The van der Waals surface area contributed by atoms with E-state index in [1.807, 2.05) is 19.1 Å². The van der Waals surface area contributed by atoms with E-state index in [1.165, 1.54) is 7.11 Å². The smallest absolute Gasteiger partial charge is 0.259 e. The number of hydrogen-bond donors (Lipinski definition) is 2. The normalized spacial score (nSPS) is 10.6. The maximum Gasteiger partial charge on any atom is 0.259 e. The van der Waals surface area contributed by atoms with Crippen molar-refractivity contribution in [2.45, 2.75) is 6.92 Å². The minimum Gasteiger partial charge on any atom is -0.496 e. The number of benzene rings is 2. The minimum atomic E-state index is -0.307. The highest BCUT2D eigenvalue weighted by Gasteiger charge is 2.16. The third-order valence-electron chi connectivity index (χ3n) is 3.46. The van der Waals surface area contributed by atoms with Crippen LogP contribution in [0.3, 0.4) is 0 Å². The van der Waals surface area contributed by atoms with E-state index in [0.717, 1.165) is 15.0 Å². The molecule has 128 valence electrons. The molecule has 1 heterocycles. The summed E-state index contributed by atoms with van der Waals surface area (Å²) in [5.41, 5.74) is 1.79. The van der Waals surface area contributed by atoms with Crippen molar-refractivity contribution in [2.75, 3.05) is 12.4 Å². The highest BCUT2D eigenvalue weighted by Crippen LogP contribution is 2.29. The van der Waals surface area contributed by atoms with Gasteiger partial charge in [-0.25, -0.2) is 4.98 Å². The second-order valence-electron chi connectivity index (χ2n) is 5.25. The molecule has 0 aliphatic rings. The van der Waals surface area contributed by atoms with Crippen LogP contribution >= 0.6 is 34.2 Å². The molecular formula is C17H14ClIN4O2. The van der Waals surface area contributed by atoms with Crippen LogP contribution in [0.15, 0.2) is 36.4 Å². The predicted octanol–water partition coefficient (Wildman–Crippen LogP) is 4.30. The quantitative estimate of drug-likeness (QED) is 0.560. The lowest BCUT2D eigenvalue weighted by atomic mass is 10.1. The van der Waals surface area contributed by atoms with Gasteiger partial charge in [0.05, 0.1) is 17.7 Å². The summed E-state index contributed by atoms with van der Waals surface area (Å²) in [4.78, 5) is 16.9. The van der Waals surface area contributed by atoms with Crippen LogP contribution in [0, 0.1) is 10.5 Å². The third-order valence-corrected chi connectivity index (χ3v) is 4.99. The Bertz CT molecular complexity index is 942. The SMILES string of the molecule is COc1cc(I)c(Cl)cc1C(=O)Nc1cccc(-c2n[nH]c(C)n2)c1. The fourth-order valence-electron chi connectivity index (χ4n) is 2.28. The number of nitrogens with one attached hydrogen (secondary N) is 2. The van der Waals surface area contributed by atoms with Gasteiger partial charge in [0.2, 0.25) is 0 Å². The summed E-state index contributed by atoms with van der Waals surface area (Å²) in [5, 5.41) is 10.3. The highest BCUT2D eigenvalue weighted by molar-refractivity contribution is 14.1. The zero-order valence-electron chi connectivity index (χ0n) is 13.4. The molecule has 3 rings (SSSR count). The van der Waals surface area contributed by atoms with Gasteiger partial charge < -0.3 is 10.1 Å². The molecule has 3 aromatic rings. The highest BCUT2D eigenvalue weighted by atomic mass is 127. The molecule has 0 bridgehead atoms. The zero-order valence-corrected chi connectivity index (χ0v) is 16.3. The summed E-state index contributed by atoms with van der Waals surface area (Å²) >= 11 is 8.22.